The van der Waals surface area contributed by atoms with Crippen molar-refractivity contribution in [1.82, 2.24) is 9.80 Å². The highest BCUT2D eigenvalue weighted by Gasteiger charge is 2.57. The Morgan fingerprint density at radius 1 is 0.904 bits per heavy atom. The molecule has 284 valence electrons. The number of rotatable bonds is 11. The van der Waals surface area contributed by atoms with Gasteiger partial charge in [0, 0.05) is 75.2 Å². The molecule has 0 unspecified atom stereocenters. The van der Waals surface area contributed by atoms with E-state index in [0.717, 1.165) is 37.3 Å². The normalized spacial score (nSPS) is 26.2. The summed E-state index contributed by atoms with van der Waals surface area (Å²) in [7, 11) is 2.85. The summed E-state index contributed by atoms with van der Waals surface area (Å²) in [4.78, 5) is 44.6. The van der Waals surface area contributed by atoms with Gasteiger partial charge < -0.3 is 19.3 Å². The van der Waals surface area contributed by atoms with Crippen LogP contribution in [0.15, 0.2) is 42.5 Å². The molecule has 12 heteroatoms. The summed E-state index contributed by atoms with van der Waals surface area (Å²) in [5.74, 6) is -1.71. The Balaban J connectivity index is 1.25. The number of alkyl halides is 4. The van der Waals surface area contributed by atoms with Crippen molar-refractivity contribution in [2.45, 2.75) is 94.4 Å². The van der Waals surface area contributed by atoms with Crippen LogP contribution < -0.4 is 9.64 Å². The van der Waals surface area contributed by atoms with Gasteiger partial charge >= 0.3 is 12.1 Å². The van der Waals surface area contributed by atoms with E-state index in [1.807, 2.05) is 24.0 Å². The van der Waals surface area contributed by atoms with Gasteiger partial charge in [0.2, 0.25) is 5.67 Å². The zero-order chi connectivity index (χ0) is 37.2. The summed E-state index contributed by atoms with van der Waals surface area (Å²) in [6, 6.07) is 11.4. The summed E-state index contributed by atoms with van der Waals surface area (Å²) in [5.41, 5.74) is -1.01. The van der Waals surface area contributed by atoms with Crippen molar-refractivity contribution < 1.29 is 41.4 Å². The van der Waals surface area contributed by atoms with Crippen LogP contribution in [0.25, 0.3) is 0 Å². The fraction of sp³-hybridized carbons (Fsp3) is 0.625. The number of esters is 1. The van der Waals surface area contributed by atoms with Crippen molar-refractivity contribution >= 4 is 23.3 Å². The van der Waals surface area contributed by atoms with E-state index < -0.39 is 35.2 Å². The van der Waals surface area contributed by atoms with Crippen LogP contribution in [0.3, 0.4) is 0 Å². The number of hydrogen-bond donors (Lipinski definition) is 0. The molecule has 3 aliphatic heterocycles. The average molecular weight is 730 g/mol. The molecule has 4 fully saturated rings. The first-order valence-corrected chi connectivity index (χ1v) is 18.8. The van der Waals surface area contributed by atoms with E-state index in [1.54, 1.807) is 24.1 Å². The summed E-state index contributed by atoms with van der Waals surface area (Å²) in [6.07, 6.45) is 1.25. The molecule has 0 N–H and O–H groups in total. The summed E-state index contributed by atoms with van der Waals surface area (Å²) in [5, 5.41) is 0. The minimum Gasteiger partial charge on any atom is -0.497 e. The van der Waals surface area contributed by atoms with E-state index in [4.69, 9.17) is 4.74 Å². The lowest BCUT2D eigenvalue weighted by atomic mass is 9.84. The zero-order valence-corrected chi connectivity index (χ0v) is 30.4. The highest BCUT2D eigenvalue weighted by atomic mass is 19.4. The van der Waals surface area contributed by atoms with Crippen LogP contribution >= 0.6 is 0 Å². The van der Waals surface area contributed by atoms with Crippen LogP contribution in [-0.4, -0.2) is 92.7 Å². The fourth-order valence-electron chi connectivity index (χ4n) is 9.17. The molecule has 2 aromatic rings. The van der Waals surface area contributed by atoms with E-state index in [9.17, 15) is 27.6 Å². The molecule has 8 nitrogen and oxygen atoms in total. The number of piperidine rings is 1. The molecular formula is C40H51F4N3O5. The average Bonchev–Trinajstić information content (AvgIpc) is 3.92. The molecule has 1 saturated carbocycles. The number of hydrogen-bond acceptors (Lipinski definition) is 7. The maximum Gasteiger partial charge on any atom is 0.416 e. The summed E-state index contributed by atoms with van der Waals surface area (Å²) < 4.78 is 69.9. The minimum atomic E-state index is -4.55. The highest BCUT2D eigenvalue weighted by molar-refractivity contribution is 5.88. The molecule has 0 bridgehead atoms. The standard InChI is InChI=1S/C40H51F4N3O5/c1-4-26-22-46(38(50)39(41)25-47(30-7-5-6-8-30)24-34(39)27-9-12-31(51-2)13-10-27)23-33(26)32-14-11-29(40(42,43)44)21-35(32)45-19-17-28(18-20-45)36(48)15-16-37(49)52-3/h9-14,21,26,28,30,33-34H,4-8,15-20,22-25H2,1-3H3/t26-,33-,34-,39-/m0/s1. The molecule has 0 aromatic heterocycles. The monoisotopic (exact) mass is 729 g/mol. The molecular weight excluding hydrogens is 678 g/mol. The molecule has 3 saturated heterocycles. The number of carbonyl (C=O) groups is 3. The number of Topliss-reactive ketones (excluding diaryl/α,β-unsaturated/α-hetero) is 1. The number of anilines is 1. The predicted molar refractivity (Wildman–Crippen MR) is 189 cm³/mol. The molecule has 6 rings (SSSR count). The van der Waals surface area contributed by atoms with Gasteiger partial charge in [0.15, 0.2) is 0 Å². The van der Waals surface area contributed by atoms with Crippen LogP contribution in [-0.2, 0) is 25.3 Å². The number of ketones is 1. The molecule has 4 atom stereocenters. The maximum atomic E-state index is 17.7. The minimum absolute atomic E-state index is 0.00223. The van der Waals surface area contributed by atoms with Gasteiger partial charge in [0.25, 0.3) is 5.91 Å². The van der Waals surface area contributed by atoms with E-state index in [1.165, 1.54) is 19.2 Å². The molecule has 0 spiro atoms. The third kappa shape index (κ3) is 7.82. The third-order valence-electron chi connectivity index (χ3n) is 12.2. The number of carbonyl (C=O) groups excluding carboxylic acids is 3. The van der Waals surface area contributed by atoms with Crippen molar-refractivity contribution in [3.63, 3.8) is 0 Å². The second-order valence-electron chi connectivity index (χ2n) is 15.1. The quantitative estimate of drug-likeness (QED) is 0.180. The Morgan fingerprint density at radius 3 is 2.21 bits per heavy atom. The lowest BCUT2D eigenvalue weighted by Gasteiger charge is -2.36. The molecule has 1 amide bonds. The van der Waals surface area contributed by atoms with Gasteiger partial charge in [-0.3, -0.25) is 19.3 Å². The molecule has 52 heavy (non-hydrogen) atoms. The fourth-order valence-corrected chi connectivity index (χ4v) is 9.17. The summed E-state index contributed by atoms with van der Waals surface area (Å²) >= 11 is 0. The number of amides is 1. The van der Waals surface area contributed by atoms with Crippen molar-refractivity contribution in [2.24, 2.45) is 11.8 Å². The van der Waals surface area contributed by atoms with Gasteiger partial charge in [-0.2, -0.15) is 13.2 Å². The van der Waals surface area contributed by atoms with Crippen LogP contribution in [0.2, 0.25) is 0 Å². The molecule has 4 aliphatic rings. The van der Waals surface area contributed by atoms with Gasteiger partial charge in [-0.1, -0.05) is 44.4 Å². The topological polar surface area (TPSA) is 79.4 Å². The molecule has 2 aromatic carbocycles. The van der Waals surface area contributed by atoms with Crippen LogP contribution in [0.5, 0.6) is 5.75 Å². The Labute approximate surface area is 303 Å². The Kier molecular flexibility index (Phi) is 11.5. The number of methoxy groups -OCH3 is 2. The van der Waals surface area contributed by atoms with Gasteiger partial charge in [-0.15, -0.1) is 0 Å². The number of ether oxygens (including phenoxy) is 2. The smallest absolute Gasteiger partial charge is 0.416 e. The summed E-state index contributed by atoms with van der Waals surface area (Å²) in [6.45, 7) is 3.75. The van der Waals surface area contributed by atoms with E-state index in [0.29, 0.717) is 62.4 Å². The van der Waals surface area contributed by atoms with Crippen molar-refractivity contribution in [3.8, 4) is 5.75 Å². The molecule has 3 heterocycles. The van der Waals surface area contributed by atoms with Gasteiger partial charge in [0.05, 0.1) is 26.2 Å². The van der Waals surface area contributed by atoms with Crippen LogP contribution in [0, 0.1) is 11.8 Å². The highest BCUT2D eigenvalue weighted by Crippen LogP contribution is 2.47. The Morgan fingerprint density at radius 2 is 1.60 bits per heavy atom. The van der Waals surface area contributed by atoms with Crippen LogP contribution in [0.1, 0.15) is 93.2 Å². The number of benzene rings is 2. The van der Waals surface area contributed by atoms with Gasteiger partial charge in [-0.05, 0) is 67.0 Å². The predicted octanol–water partition coefficient (Wildman–Crippen LogP) is 7.16. The van der Waals surface area contributed by atoms with E-state index in [2.05, 4.69) is 9.64 Å². The second-order valence-corrected chi connectivity index (χ2v) is 15.1. The Bertz CT molecular complexity index is 1590. The van der Waals surface area contributed by atoms with Crippen molar-refractivity contribution in [1.29, 1.82) is 0 Å². The lowest BCUT2D eigenvalue weighted by molar-refractivity contribution is -0.143. The number of nitrogens with zero attached hydrogens (tertiary/aromatic N) is 3. The second kappa shape index (κ2) is 15.7. The zero-order valence-electron chi connectivity index (χ0n) is 30.4. The largest absolute Gasteiger partial charge is 0.497 e. The van der Waals surface area contributed by atoms with Crippen molar-refractivity contribution in [3.05, 3.63) is 59.2 Å². The van der Waals surface area contributed by atoms with Gasteiger partial charge in [-0.25, -0.2) is 4.39 Å². The first kappa shape index (κ1) is 38.1. The van der Waals surface area contributed by atoms with Crippen molar-refractivity contribution in [2.75, 3.05) is 58.4 Å². The van der Waals surface area contributed by atoms with E-state index >= 15 is 4.39 Å². The maximum absolute atomic E-state index is 17.7. The number of halogens is 4. The first-order valence-electron chi connectivity index (χ1n) is 18.8. The first-order chi connectivity index (χ1) is 24.9. The SMILES string of the molecule is CC[C@H]1CN(C(=O)[C@]2(F)CN(C3CCCC3)C[C@H]2c2ccc(OC)cc2)C[C@@H]1c1ccc(C(F)(F)F)cc1N1CCC(C(=O)CCC(=O)OC)CC1. The van der Waals surface area contributed by atoms with Crippen LogP contribution in [0.4, 0.5) is 23.2 Å². The third-order valence-corrected chi connectivity index (χ3v) is 12.2. The molecule has 0 radical (unpaired) electrons. The Hall–Kier alpha value is -3.67. The lowest BCUT2D eigenvalue weighted by Crippen LogP contribution is -2.50. The number of likely N-dealkylation sites (tertiary alicyclic amines) is 2. The van der Waals surface area contributed by atoms with E-state index in [-0.39, 0.29) is 55.5 Å². The molecule has 1 aliphatic carbocycles. The van der Waals surface area contributed by atoms with Gasteiger partial charge in [0.1, 0.15) is 11.5 Å².